The first-order valence-corrected chi connectivity index (χ1v) is 7.21. The van der Waals surface area contributed by atoms with Crippen molar-refractivity contribution in [3.63, 3.8) is 0 Å². The standard InChI is InChI=1S/C11H4Br2ClFOS/c12-9-4-6(11(13)17-9)10(16)5-1-2-8(15)7(14)3-5/h1-4H. The normalized spacial score (nSPS) is 10.6. The van der Waals surface area contributed by atoms with E-state index in [9.17, 15) is 9.18 Å². The van der Waals surface area contributed by atoms with Gasteiger partial charge in [-0.2, -0.15) is 0 Å². The van der Waals surface area contributed by atoms with Crippen molar-refractivity contribution in [2.45, 2.75) is 0 Å². The van der Waals surface area contributed by atoms with Crippen LogP contribution in [0.5, 0.6) is 0 Å². The Morgan fingerprint density at radius 2 is 2.00 bits per heavy atom. The van der Waals surface area contributed by atoms with Gasteiger partial charge in [0.1, 0.15) is 5.82 Å². The lowest BCUT2D eigenvalue weighted by atomic mass is 10.1. The summed E-state index contributed by atoms with van der Waals surface area (Å²) >= 11 is 13.7. The summed E-state index contributed by atoms with van der Waals surface area (Å²) in [6.07, 6.45) is 0. The lowest BCUT2D eigenvalue weighted by Gasteiger charge is -2.01. The summed E-state index contributed by atoms with van der Waals surface area (Å²) < 4.78 is 14.6. The van der Waals surface area contributed by atoms with Gasteiger partial charge in [0, 0.05) is 11.1 Å². The number of hydrogen-bond donors (Lipinski definition) is 0. The first kappa shape index (κ1) is 13.2. The quantitative estimate of drug-likeness (QED) is 0.628. The fourth-order valence-electron chi connectivity index (χ4n) is 1.29. The molecule has 2 rings (SSSR count). The van der Waals surface area contributed by atoms with Crippen molar-refractivity contribution in [3.05, 3.63) is 53.8 Å². The van der Waals surface area contributed by atoms with Crippen molar-refractivity contribution in [1.82, 2.24) is 0 Å². The maximum Gasteiger partial charge on any atom is 0.195 e. The van der Waals surface area contributed by atoms with E-state index in [1.807, 2.05) is 0 Å². The topological polar surface area (TPSA) is 17.1 Å². The Labute approximate surface area is 123 Å². The van der Waals surface area contributed by atoms with E-state index in [2.05, 4.69) is 31.9 Å². The van der Waals surface area contributed by atoms with Gasteiger partial charge < -0.3 is 0 Å². The van der Waals surface area contributed by atoms with Crippen molar-refractivity contribution >= 4 is 60.6 Å². The smallest absolute Gasteiger partial charge is 0.195 e. The van der Waals surface area contributed by atoms with Crippen LogP contribution in [0.15, 0.2) is 31.8 Å². The molecule has 0 aliphatic carbocycles. The number of halogens is 4. The van der Waals surface area contributed by atoms with Gasteiger partial charge >= 0.3 is 0 Å². The first-order chi connectivity index (χ1) is 7.99. The van der Waals surface area contributed by atoms with Gasteiger partial charge in [-0.15, -0.1) is 11.3 Å². The summed E-state index contributed by atoms with van der Waals surface area (Å²) in [5.74, 6) is -0.727. The molecule has 0 aliphatic rings. The molecule has 1 aromatic heterocycles. The molecule has 0 saturated heterocycles. The van der Waals surface area contributed by atoms with E-state index >= 15 is 0 Å². The van der Waals surface area contributed by atoms with E-state index in [0.29, 0.717) is 11.1 Å². The molecule has 0 bridgehead atoms. The molecule has 88 valence electrons. The lowest BCUT2D eigenvalue weighted by Crippen LogP contribution is -2.00. The molecule has 6 heteroatoms. The minimum atomic E-state index is -0.534. The van der Waals surface area contributed by atoms with Gasteiger partial charge in [-0.05, 0) is 56.1 Å². The summed E-state index contributed by atoms with van der Waals surface area (Å²) in [5, 5.41) is -0.0544. The Morgan fingerprint density at radius 1 is 1.29 bits per heavy atom. The molecule has 0 aliphatic heterocycles. The average molecular weight is 398 g/mol. The number of rotatable bonds is 2. The van der Waals surface area contributed by atoms with Gasteiger partial charge in [-0.3, -0.25) is 4.79 Å². The molecule has 0 spiro atoms. The minimum Gasteiger partial charge on any atom is -0.289 e. The van der Waals surface area contributed by atoms with Crippen LogP contribution in [0.1, 0.15) is 15.9 Å². The van der Waals surface area contributed by atoms with E-state index in [1.54, 1.807) is 6.07 Å². The van der Waals surface area contributed by atoms with E-state index in [-0.39, 0.29) is 10.8 Å². The monoisotopic (exact) mass is 396 g/mol. The van der Waals surface area contributed by atoms with Crippen LogP contribution in [0.3, 0.4) is 0 Å². The number of carbonyl (C=O) groups is 1. The van der Waals surface area contributed by atoms with Gasteiger partial charge in [0.25, 0.3) is 0 Å². The van der Waals surface area contributed by atoms with Gasteiger partial charge in [0.05, 0.1) is 12.6 Å². The number of hydrogen-bond acceptors (Lipinski definition) is 2. The third-order valence-electron chi connectivity index (χ3n) is 2.08. The predicted octanol–water partition coefficient (Wildman–Crippen LogP) is 5.30. The highest BCUT2D eigenvalue weighted by molar-refractivity contribution is 9.12. The van der Waals surface area contributed by atoms with Gasteiger partial charge in [-0.1, -0.05) is 11.6 Å². The molecule has 0 amide bonds. The van der Waals surface area contributed by atoms with Crippen molar-refractivity contribution in [2.24, 2.45) is 0 Å². The Balaban J connectivity index is 2.44. The van der Waals surface area contributed by atoms with Crippen LogP contribution in [0, 0.1) is 5.82 Å². The minimum absolute atomic E-state index is 0.0544. The van der Waals surface area contributed by atoms with Gasteiger partial charge in [0.2, 0.25) is 0 Å². The van der Waals surface area contributed by atoms with E-state index in [0.717, 1.165) is 7.57 Å². The predicted molar refractivity (Wildman–Crippen MR) is 74.6 cm³/mol. The third kappa shape index (κ3) is 2.78. The number of thiophene rings is 1. The van der Waals surface area contributed by atoms with Crippen molar-refractivity contribution in [3.8, 4) is 0 Å². The van der Waals surface area contributed by atoms with Crippen LogP contribution in [0.25, 0.3) is 0 Å². The molecule has 0 saturated carbocycles. The van der Waals surface area contributed by atoms with Crippen LogP contribution in [0.4, 0.5) is 4.39 Å². The van der Waals surface area contributed by atoms with Crippen LogP contribution in [-0.2, 0) is 0 Å². The Kier molecular flexibility index (Phi) is 4.02. The maximum atomic E-state index is 13.0. The van der Waals surface area contributed by atoms with E-state index in [1.165, 1.54) is 29.5 Å². The zero-order valence-electron chi connectivity index (χ0n) is 8.14. The molecule has 1 aromatic carbocycles. The number of ketones is 1. The second-order valence-electron chi connectivity index (χ2n) is 3.20. The molecule has 1 heterocycles. The largest absolute Gasteiger partial charge is 0.289 e. The highest BCUT2D eigenvalue weighted by atomic mass is 79.9. The van der Waals surface area contributed by atoms with Crippen LogP contribution in [0.2, 0.25) is 5.02 Å². The van der Waals surface area contributed by atoms with Crippen LogP contribution < -0.4 is 0 Å². The molecule has 0 N–H and O–H groups in total. The Hall–Kier alpha value is -0.230. The average Bonchev–Trinajstić information content (AvgIpc) is 2.61. The second-order valence-corrected chi connectivity index (χ2v) is 7.35. The van der Waals surface area contributed by atoms with Crippen LogP contribution in [-0.4, -0.2) is 5.78 Å². The van der Waals surface area contributed by atoms with Crippen LogP contribution >= 0.6 is 54.8 Å². The summed E-state index contributed by atoms with van der Waals surface area (Å²) in [6.45, 7) is 0. The highest BCUT2D eigenvalue weighted by Crippen LogP contribution is 2.33. The summed E-state index contributed by atoms with van der Waals surface area (Å²) in [6, 6.07) is 5.65. The molecule has 2 aromatic rings. The second kappa shape index (κ2) is 5.18. The maximum absolute atomic E-state index is 13.0. The molecule has 0 unspecified atom stereocenters. The van der Waals surface area contributed by atoms with Gasteiger partial charge in [0.15, 0.2) is 5.78 Å². The Bertz CT molecular complexity index is 597. The fraction of sp³-hybridized carbons (Fsp3) is 0. The molecule has 0 atom stereocenters. The molecule has 1 nitrogen and oxygen atoms in total. The van der Waals surface area contributed by atoms with Gasteiger partial charge in [-0.25, -0.2) is 4.39 Å². The molecule has 0 radical (unpaired) electrons. The Morgan fingerprint density at radius 3 is 2.53 bits per heavy atom. The highest BCUT2D eigenvalue weighted by Gasteiger charge is 2.16. The van der Waals surface area contributed by atoms with E-state index < -0.39 is 5.82 Å². The van der Waals surface area contributed by atoms with Crippen molar-refractivity contribution < 1.29 is 9.18 Å². The van der Waals surface area contributed by atoms with E-state index in [4.69, 9.17) is 11.6 Å². The molecular formula is C11H4Br2ClFOS. The van der Waals surface area contributed by atoms with Crippen molar-refractivity contribution in [1.29, 1.82) is 0 Å². The summed E-state index contributed by atoms with van der Waals surface area (Å²) in [5.41, 5.74) is 0.895. The summed E-state index contributed by atoms with van der Waals surface area (Å²) in [4.78, 5) is 12.1. The molecular weight excluding hydrogens is 394 g/mol. The third-order valence-corrected chi connectivity index (χ3v) is 4.71. The molecule has 17 heavy (non-hydrogen) atoms. The summed E-state index contributed by atoms with van der Waals surface area (Å²) in [7, 11) is 0. The first-order valence-electron chi connectivity index (χ1n) is 4.43. The number of carbonyl (C=O) groups excluding carboxylic acids is 1. The molecule has 0 fully saturated rings. The zero-order valence-corrected chi connectivity index (χ0v) is 12.9. The zero-order chi connectivity index (χ0) is 12.6. The lowest BCUT2D eigenvalue weighted by molar-refractivity contribution is 0.103. The fourth-order valence-corrected chi connectivity index (χ4v) is 4.26. The SMILES string of the molecule is O=C(c1ccc(F)c(Cl)c1)c1cc(Br)sc1Br. The number of benzene rings is 1. The van der Waals surface area contributed by atoms with Crippen molar-refractivity contribution in [2.75, 3.05) is 0 Å².